The molecule has 10 nitrogen and oxygen atoms in total. The molecule has 0 saturated carbocycles. The molecule has 0 bridgehead atoms. The third kappa shape index (κ3) is 8.40. The van der Waals surface area contributed by atoms with E-state index in [1.54, 1.807) is 11.1 Å². The van der Waals surface area contributed by atoms with Gasteiger partial charge >= 0.3 is 6.09 Å². The summed E-state index contributed by atoms with van der Waals surface area (Å²) in [4.78, 5) is 40.3. The molecule has 5 N–H and O–H groups in total. The Kier molecular flexibility index (Phi) is 11.2. The second kappa shape index (κ2) is 15.7. The molecule has 49 heavy (non-hydrogen) atoms. The molecule has 0 spiro atoms. The van der Waals surface area contributed by atoms with Crippen LogP contribution >= 0.6 is 0 Å². The first-order chi connectivity index (χ1) is 23.6. The van der Waals surface area contributed by atoms with E-state index in [1.807, 2.05) is 57.2 Å². The average Bonchev–Trinajstić information content (AvgIpc) is 3.91. The topological polar surface area (TPSA) is 138 Å². The van der Waals surface area contributed by atoms with E-state index in [2.05, 4.69) is 69.1 Å². The van der Waals surface area contributed by atoms with Gasteiger partial charge in [0.2, 0.25) is 5.91 Å². The van der Waals surface area contributed by atoms with E-state index in [0.29, 0.717) is 24.2 Å². The van der Waals surface area contributed by atoms with Gasteiger partial charge in [-0.25, -0.2) is 14.8 Å². The van der Waals surface area contributed by atoms with Crippen molar-refractivity contribution in [3.63, 3.8) is 0 Å². The number of carbonyl (C=O) groups excluding carboxylic acids is 2. The van der Waals surface area contributed by atoms with Crippen molar-refractivity contribution < 1.29 is 14.3 Å². The number of benzene rings is 2. The lowest BCUT2D eigenvalue weighted by Gasteiger charge is -2.31. The Morgan fingerprint density at radius 1 is 1.12 bits per heavy atom. The van der Waals surface area contributed by atoms with Crippen molar-refractivity contribution in [2.24, 2.45) is 16.6 Å². The summed E-state index contributed by atoms with van der Waals surface area (Å²) in [6.45, 7) is 11.5. The predicted molar refractivity (Wildman–Crippen MR) is 193 cm³/mol. The quantitative estimate of drug-likeness (QED) is 0.144. The third-order valence-corrected chi connectivity index (χ3v) is 9.08. The van der Waals surface area contributed by atoms with E-state index >= 15 is 0 Å². The summed E-state index contributed by atoms with van der Waals surface area (Å²) in [5, 5.41) is 6.11. The van der Waals surface area contributed by atoms with Crippen LogP contribution in [0, 0.1) is 29.6 Å². The number of carbonyl (C=O) groups is 2. The molecular weight excluding hydrogens is 614 g/mol. The van der Waals surface area contributed by atoms with Crippen LogP contribution in [0.25, 0.3) is 16.7 Å². The lowest BCUT2D eigenvalue weighted by Crippen LogP contribution is -2.55. The molecule has 1 unspecified atom stereocenters. The summed E-state index contributed by atoms with van der Waals surface area (Å²) in [5.74, 6) is 13.0. The Balaban J connectivity index is 1.47. The highest BCUT2D eigenvalue weighted by molar-refractivity contribution is 5.95. The molecule has 2 amide bonds. The molecule has 10 heteroatoms. The molecule has 3 aromatic rings. The van der Waals surface area contributed by atoms with Crippen LogP contribution in [-0.2, 0) is 9.53 Å². The molecule has 254 valence electrons. The van der Waals surface area contributed by atoms with Crippen LogP contribution in [0.4, 0.5) is 4.79 Å². The van der Waals surface area contributed by atoms with E-state index in [4.69, 9.17) is 15.5 Å². The Labute approximate surface area is 289 Å². The van der Waals surface area contributed by atoms with Crippen LogP contribution < -0.4 is 16.4 Å². The van der Waals surface area contributed by atoms with Crippen LogP contribution in [0.15, 0.2) is 72.4 Å². The number of hydrogen-bond acceptors (Lipinski definition) is 6. The van der Waals surface area contributed by atoms with E-state index in [9.17, 15) is 9.59 Å². The first-order valence-corrected chi connectivity index (χ1v) is 16.8. The third-order valence-electron chi connectivity index (χ3n) is 9.08. The second-order valence-electron chi connectivity index (χ2n) is 12.9. The van der Waals surface area contributed by atoms with Gasteiger partial charge in [0.1, 0.15) is 28.9 Å². The summed E-state index contributed by atoms with van der Waals surface area (Å²) in [7, 11) is 1.27. The molecule has 2 aliphatic rings. The van der Waals surface area contributed by atoms with Gasteiger partial charge in [-0.2, -0.15) is 0 Å². The number of aliphatic imine (C=N–C) groups is 1. The van der Waals surface area contributed by atoms with Crippen molar-refractivity contribution in [1.29, 1.82) is 0 Å². The number of aromatic nitrogens is 2. The van der Waals surface area contributed by atoms with Gasteiger partial charge in [-0.05, 0) is 91.2 Å². The van der Waals surface area contributed by atoms with Gasteiger partial charge in [0, 0.05) is 6.54 Å². The number of aromatic amines is 1. The van der Waals surface area contributed by atoms with Crippen LogP contribution in [0.3, 0.4) is 0 Å². The zero-order valence-electron chi connectivity index (χ0n) is 28.7. The minimum absolute atomic E-state index is 0.169. The fourth-order valence-electron chi connectivity index (χ4n) is 6.26. The predicted octanol–water partition coefficient (Wildman–Crippen LogP) is 5.06. The summed E-state index contributed by atoms with van der Waals surface area (Å²) >= 11 is 0. The minimum atomic E-state index is -1.18. The van der Waals surface area contributed by atoms with Crippen molar-refractivity contribution >= 4 is 23.4 Å². The summed E-state index contributed by atoms with van der Waals surface area (Å²) < 4.78 is 4.77. The number of likely N-dealkylation sites (tertiary alicyclic amines) is 1. The van der Waals surface area contributed by atoms with Crippen LogP contribution in [0.5, 0.6) is 0 Å². The van der Waals surface area contributed by atoms with E-state index in [1.165, 1.54) is 7.11 Å². The molecule has 3 heterocycles. The van der Waals surface area contributed by atoms with Gasteiger partial charge in [-0.3, -0.25) is 4.79 Å². The fraction of sp³-hybridized carbons (Fsp3) is 0.385. The van der Waals surface area contributed by atoms with Gasteiger partial charge in [0.25, 0.3) is 0 Å². The zero-order valence-corrected chi connectivity index (χ0v) is 28.7. The Bertz CT molecular complexity index is 1820. The minimum Gasteiger partial charge on any atom is -0.453 e. The number of nitrogens with one attached hydrogen (secondary N) is 3. The van der Waals surface area contributed by atoms with E-state index in [-0.39, 0.29) is 23.7 Å². The highest BCUT2D eigenvalue weighted by atomic mass is 16.5. The summed E-state index contributed by atoms with van der Waals surface area (Å²) in [6.07, 6.45) is 4.58. The highest BCUT2D eigenvalue weighted by Crippen LogP contribution is 2.33. The lowest BCUT2D eigenvalue weighted by molar-refractivity contribution is -0.134. The Morgan fingerprint density at radius 3 is 2.61 bits per heavy atom. The number of amides is 2. The first kappa shape index (κ1) is 35.0. The maximum absolute atomic E-state index is 13.7. The maximum atomic E-state index is 13.7. The largest absolute Gasteiger partial charge is 0.453 e. The monoisotopic (exact) mass is 659 g/mol. The van der Waals surface area contributed by atoms with Crippen molar-refractivity contribution in [3.8, 4) is 34.8 Å². The smallest absolute Gasteiger partial charge is 0.407 e. The average molecular weight is 660 g/mol. The van der Waals surface area contributed by atoms with Crippen molar-refractivity contribution in [2.75, 3.05) is 20.2 Å². The lowest BCUT2D eigenvalue weighted by atomic mass is 9.87. The number of imidazole rings is 1. The van der Waals surface area contributed by atoms with Gasteiger partial charge in [-0.1, -0.05) is 74.9 Å². The normalized spacial score (nSPS) is 19.2. The number of H-pyrrole nitrogens is 1. The van der Waals surface area contributed by atoms with Crippen LogP contribution in [-0.4, -0.2) is 70.5 Å². The molecule has 0 aliphatic carbocycles. The van der Waals surface area contributed by atoms with Crippen molar-refractivity contribution in [3.05, 3.63) is 84.5 Å². The SMILES string of the molecule is C=C(c1cccc(-c2ccccc2)c1)C(C)(C#CC#Cc1cnc([C@@H]2CCCN2)[nH]1)N=C(N)[C@@H]1CCCN1C(=O)[C@@H](NC(=O)OC)C(C)C. The standard InChI is InChI=1S/C39H45N7O3/c1-26(2)34(44-38(48)49-5)37(47)46-23-13-20-33(46)35(40)45-39(4,21-10-9-18-31-25-42-36(43-31)32-19-12-22-41-32)27(3)29-16-11-17-30(24-29)28-14-7-6-8-15-28/h6-8,11,14-17,24-26,32-34,41H,3,12-13,19-20,22-23H2,1-2,4-5H3,(H2,40,45)(H,42,43)(H,44,48)/t32-,33-,34-,39?/m0/s1. The number of nitrogens with zero attached hydrogens (tertiary/aromatic N) is 3. The molecule has 0 radical (unpaired) electrons. The molecule has 5 rings (SSSR count). The van der Waals surface area contributed by atoms with Gasteiger partial charge in [-0.15, -0.1) is 0 Å². The second-order valence-corrected chi connectivity index (χ2v) is 12.9. The number of hydrogen-bond donors (Lipinski definition) is 4. The summed E-state index contributed by atoms with van der Waals surface area (Å²) in [6, 6.07) is 17.1. The molecule has 2 fully saturated rings. The first-order valence-electron chi connectivity index (χ1n) is 16.8. The molecular formula is C39H45N7O3. The number of rotatable bonds is 9. The van der Waals surface area contributed by atoms with Crippen molar-refractivity contribution in [1.82, 2.24) is 25.5 Å². The van der Waals surface area contributed by atoms with Gasteiger partial charge in [0.15, 0.2) is 0 Å². The van der Waals surface area contributed by atoms with E-state index < -0.39 is 23.7 Å². The molecule has 2 saturated heterocycles. The number of ether oxygens (including phenoxy) is 1. The number of methoxy groups -OCH3 is 1. The van der Waals surface area contributed by atoms with Crippen LogP contribution in [0.1, 0.15) is 69.6 Å². The highest BCUT2D eigenvalue weighted by Gasteiger charge is 2.38. The van der Waals surface area contributed by atoms with Crippen molar-refractivity contribution in [2.45, 2.75) is 70.1 Å². The Hall–Kier alpha value is -5.32. The maximum Gasteiger partial charge on any atom is 0.407 e. The van der Waals surface area contributed by atoms with Crippen LogP contribution in [0.2, 0.25) is 0 Å². The number of amidine groups is 1. The summed E-state index contributed by atoms with van der Waals surface area (Å²) in [5.41, 5.74) is 9.87. The van der Waals surface area contributed by atoms with Gasteiger partial charge in [0.05, 0.1) is 25.4 Å². The Morgan fingerprint density at radius 2 is 1.90 bits per heavy atom. The molecule has 1 aromatic heterocycles. The van der Waals surface area contributed by atoms with E-state index in [0.717, 1.165) is 48.3 Å². The molecule has 2 aliphatic heterocycles. The molecule has 2 aromatic carbocycles. The zero-order chi connectivity index (χ0) is 35.0. The number of alkyl carbamates (subject to hydrolysis) is 1. The van der Waals surface area contributed by atoms with Gasteiger partial charge < -0.3 is 31.0 Å². The number of nitrogens with two attached hydrogens (primary N) is 1. The fourth-order valence-corrected chi connectivity index (χ4v) is 6.26. The molecule has 4 atom stereocenters.